The zero-order valence-corrected chi connectivity index (χ0v) is 12.6. The van der Waals surface area contributed by atoms with E-state index in [4.69, 9.17) is 5.73 Å². The van der Waals surface area contributed by atoms with Crippen LogP contribution in [0.3, 0.4) is 0 Å². The molecule has 0 fully saturated rings. The number of amides is 1. The third-order valence-electron chi connectivity index (χ3n) is 3.87. The van der Waals surface area contributed by atoms with Gasteiger partial charge in [0.2, 0.25) is 0 Å². The van der Waals surface area contributed by atoms with Crippen LogP contribution in [0.4, 0.5) is 13.2 Å². The number of rotatable bonds is 4. The molecule has 1 amide bonds. The van der Waals surface area contributed by atoms with Crippen LogP contribution < -0.4 is 15.8 Å². The third kappa shape index (κ3) is 3.38. The standard InChI is InChI=1S/C16H16F3N3O2/c17-16(18,19)24-13-3-1-2-10(6-13)11-7-14-15(23)21-8-12(4-5-20)22(14)9-11/h1-3,6-7,9,12H,4-5,8,20H2,(H,21,23). The Labute approximate surface area is 136 Å². The Balaban J connectivity index is 1.95. The molecule has 0 saturated heterocycles. The van der Waals surface area contributed by atoms with Gasteiger partial charge in [-0.2, -0.15) is 0 Å². The average Bonchev–Trinajstić information content (AvgIpc) is 2.95. The summed E-state index contributed by atoms with van der Waals surface area (Å²) in [5, 5.41) is 2.79. The first-order valence-electron chi connectivity index (χ1n) is 7.44. The maximum Gasteiger partial charge on any atom is 0.573 e. The molecule has 24 heavy (non-hydrogen) atoms. The van der Waals surface area contributed by atoms with Crippen LogP contribution in [0.2, 0.25) is 0 Å². The van der Waals surface area contributed by atoms with E-state index in [-0.39, 0.29) is 17.7 Å². The van der Waals surface area contributed by atoms with Crippen molar-refractivity contribution in [2.45, 2.75) is 18.8 Å². The predicted octanol–water partition coefficient (Wildman–Crippen LogP) is 2.69. The SMILES string of the molecule is NCCC1CNC(=O)c2cc(-c3cccc(OC(F)(F)F)c3)cn21. The second kappa shape index (κ2) is 6.20. The van der Waals surface area contributed by atoms with Crippen LogP contribution >= 0.6 is 0 Å². The summed E-state index contributed by atoms with van der Waals surface area (Å²) < 4.78 is 42.8. The van der Waals surface area contributed by atoms with Gasteiger partial charge in [-0.15, -0.1) is 13.2 Å². The largest absolute Gasteiger partial charge is 0.573 e. The summed E-state index contributed by atoms with van der Waals surface area (Å²) in [7, 11) is 0. The molecule has 1 atom stereocenters. The Bertz CT molecular complexity index is 755. The summed E-state index contributed by atoms with van der Waals surface area (Å²) >= 11 is 0. The number of hydrogen-bond acceptors (Lipinski definition) is 3. The fourth-order valence-corrected chi connectivity index (χ4v) is 2.83. The number of aromatic nitrogens is 1. The fourth-order valence-electron chi connectivity index (χ4n) is 2.83. The first-order chi connectivity index (χ1) is 11.4. The molecule has 3 rings (SSSR count). The molecule has 3 N–H and O–H groups in total. The van der Waals surface area contributed by atoms with Crippen molar-refractivity contribution in [1.29, 1.82) is 0 Å². The number of benzene rings is 1. The molecular formula is C16H16F3N3O2. The number of carbonyl (C=O) groups excluding carboxylic acids is 1. The minimum Gasteiger partial charge on any atom is -0.406 e. The summed E-state index contributed by atoms with van der Waals surface area (Å²) in [5.41, 5.74) is 7.26. The van der Waals surface area contributed by atoms with Crippen molar-refractivity contribution in [2.75, 3.05) is 13.1 Å². The van der Waals surface area contributed by atoms with Crippen molar-refractivity contribution >= 4 is 5.91 Å². The molecule has 1 aromatic carbocycles. The number of fused-ring (bicyclic) bond motifs is 1. The average molecular weight is 339 g/mol. The van der Waals surface area contributed by atoms with Crippen LogP contribution in [-0.2, 0) is 0 Å². The van der Waals surface area contributed by atoms with E-state index in [2.05, 4.69) is 10.1 Å². The van der Waals surface area contributed by atoms with Gasteiger partial charge < -0.3 is 20.4 Å². The minimum atomic E-state index is -4.75. The lowest BCUT2D eigenvalue weighted by Crippen LogP contribution is -2.39. The minimum absolute atomic E-state index is 0.0334. The van der Waals surface area contributed by atoms with Crippen LogP contribution in [0.25, 0.3) is 11.1 Å². The topological polar surface area (TPSA) is 69.3 Å². The smallest absolute Gasteiger partial charge is 0.406 e. The normalized spacial score (nSPS) is 17.3. The van der Waals surface area contributed by atoms with Gasteiger partial charge in [0, 0.05) is 18.3 Å². The number of hydrogen-bond donors (Lipinski definition) is 2. The molecule has 0 radical (unpaired) electrons. The van der Waals surface area contributed by atoms with Crippen LogP contribution in [0.15, 0.2) is 36.5 Å². The quantitative estimate of drug-likeness (QED) is 0.900. The van der Waals surface area contributed by atoms with Crippen molar-refractivity contribution in [1.82, 2.24) is 9.88 Å². The Hall–Kier alpha value is -2.48. The van der Waals surface area contributed by atoms with E-state index in [1.54, 1.807) is 18.3 Å². The van der Waals surface area contributed by atoms with Crippen LogP contribution in [0.5, 0.6) is 5.75 Å². The molecule has 0 saturated carbocycles. The van der Waals surface area contributed by atoms with Gasteiger partial charge in [-0.1, -0.05) is 12.1 Å². The maximum atomic E-state index is 12.4. The Kier molecular flexibility index (Phi) is 4.23. The Morgan fingerprint density at radius 2 is 2.08 bits per heavy atom. The highest BCUT2D eigenvalue weighted by molar-refractivity contribution is 5.95. The van der Waals surface area contributed by atoms with Gasteiger partial charge in [0.05, 0.1) is 6.04 Å². The fraction of sp³-hybridized carbons (Fsp3) is 0.312. The molecule has 0 spiro atoms. The number of carbonyl (C=O) groups is 1. The lowest BCUT2D eigenvalue weighted by molar-refractivity contribution is -0.274. The van der Waals surface area contributed by atoms with Gasteiger partial charge in [-0.05, 0) is 36.7 Å². The molecule has 0 aliphatic carbocycles. The van der Waals surface area contributed by atoms with Crippen molar-refractivity contribution < 1.29 is 22.7 Å². The van der Waals surface area contributed by atoms with E-state index in [1.165, 1.54) is 18.2 Å². The first-order valence-corrected chi connectivity index (χ1v) is 7.44. The first kappa shape index (κ1) is 16.4. The van der Waals surface area contributed by atoms with Crippen LogP contribution in [-0.4, -0.2) is 29.9 Å². The zero-order valence-electron chi connectivity index (χ0n) is 12.6. The highest BCUT2D eigenvalue weighted by Crippen LogP contribution is 2.31. The van der Waals surface area contributed by atoms with Gasteiger partial charge in [0.25, 0.3) is 5.91 Å². The summed E-state index contributed by atoms with van der Waals surface area (Å²) in [6.07, 6.45) is -2.29. The van der Waals surface area contributed by atoms with Gasteiger partial charge in [-0.3, -0.25) is 4.79 Å². The van der Waals surface area contributed by atoms with Gasteiger partial charge in [-0.25, -0.2) is 0 Å². The van der Waals surface area contributed by atoms with Crippen molar-refractivity contribution in [3.8, 4) is 16.9 Å². The van der Waals surface area contributed by atoms with Crippen LogP contribution in [0.1, 0.15) is 23.0 Å². The molecule has 8 heteroatoms. The van der Waals surface area contributed by atoms with Crippen molar-refractivity contribution in [3.05, 3.63) is 42.2 Å². The summed E-state index contributed by atoms with van der Waals surface area (Å²) in [6, 6.07) is 7.36. The molecular weight excluding hydrogens is 323 g/mol. The number of nitrogens with two attached hydrogens (primary N) is 1. The van der Waals surface area contributed by atoms with E-state index < -0.39 is 6.36 Å². The van der Waals surface area contributed by atoms with Crippen molar-refractivity contribution in [3.63, 3.8) is 0 Å². The monoisotopic (exact) mass is 339 g/mol. The lowest BCUT2D eigenvalue weighted by Gasteiger charge is -2.25. The summed E-state index contributed by atoms with van der Waals surface area (Å²) in [4.78, 5) is 12.0. The molecule has 1 unspecified atom stereocenters. The number of nitrogens with one attached hydrogen (secondary N) is 1. The molecule has 1 aromatic heterocycles. The maximum absolute atomic E-state index is 12.4. The molecule has 2 aromatic rings. The highest BCUT2D eigenvalue weighted by Gasteiger charge is 2.31. The van der Waals surface area contributed by atoms with Gasteiger partial charge >= 0.3 is 6.36 Å². The van der Waals surface area contributed by atoms with E-state index in [0.717, 1.165) is 0 Å². The summed E-state index contributed by atoms with van der Waals surface area (Å²) in [5.74, 6) is -0.510. The molecule has 5 nitrogen and oxygen atoms in total. The molecule has 0 bridgehead atoms. The summed E-state index contributed by atoms with van der Waals surface area (Å²) in [6.45, 7) is 0.955. The second-order valence-electron chi connectivity index (χ2n) is 5.54. The third-order valence-corrected chi connectivity index (χ3v) is 3.87. The molecule has 1 aliphatic rings. The highest BCUT2D eigenvalue weighted by atomic mass is 19.4. The van der Waals surface area contributed by atoms with Gasteiger partial charge in [0.1, 0.15) is 11.4 Å². The Morgan fingerprint density at radius 3 is 2.79 bits per heavy atom. The molecule has 1 aliphatic heterocycles. The zero-order chi connectivity index (χ0) is 17.3. The number of nitrogens with zero attached hydrogens (tertiary/aromatic N) is 1. The lowest BCUT2D eigenvalue weighted by atomic mass is 10.1. The van der Waals surface area contributed by atoms with Crippen molar-refractivity contribution in [2.24, 2.45) is 5.73 Å². The van der Waals surface area contributed by atoms with Crippen LogP contribution in [0, 0.1) is 0 Å². The molecule has 128 valence electrons. The molecule has 2 heterocycles. The van der Waals surface area contributed by atoms with Gasteiger partial charge in [0.15, 0.2) is 0 Å². The second-order valence-corrected chi connectivity index (χ2v) is 5.54. The van der Waals surface area contributed by atoms with E-state index in [9.17, 15) is 18.0 Å². The number of alkyl halides is 3. The number of halogens is 3. The Morgan fingerprint density at radius 1 is 1.29 bits per heavy atom. The predicted molar refractivity (Wildman–Crippen MR) is 81.6 cm³/mol. The van der Waals surface area contributed by atoms with E-state index >= 15 is 0 Å². The number of ether oxygens (including phenoxy) is 1. The van der Waals surface area contributed by atoms with E-state index in [0.29, 0.717) is 36.3 Å². The van der Waals surface area contributed by atoms with E-state index in [1.807, 2.05) is 4.57 Å².